The Balaban J connectivity index is 1.36. The molecule has 2 bridgehead atoms. The summed E-state index contributed by atoms with van der Waals surface area (Å²) in [5.41, 5.74) is 3.68. The van der Waals surface area contributed by atoms with Gasteiger partial charge in [-0.05, 0) is 54.8 Å². The Hall–Kier alpha value is -4.51. The Morgan fingerprint density at radius 1 is 1.05 bits per heavy atom. The second kappa shape index (κ2) is 8.56. The molecule has 4 aromatic rings. The SMILES string of the molecule is O=C1COc2ccc3nc2N1CCC=CCn1c(=O)c2cnc(Nc4ccc5c(c4)CNCC5)nc2n1-3. The van der Waals surface area contributed by atoms with E-state index in [0.717, 1.165) is 25.2 Å². The molecule has 0 saturated carbocycles. The van der Waals surface area contributed by atoms with Crippen molar-refractivity contribution in [3.05, 3.63) is 70.2 Å². The first-order valence-corrected chi connectivity index (χ1v) is 12.3. The Kier molecular flexibility index (Phi) is 5.03. The van der Waals surface area contributed by atoms with E-state index in [2.05, 4.69) is 27.8 Å². The van der Waals surface area contributed by atoms with E-state index >= 15 is 0 Å². The van der Waals surface area contributed by atoms with Crippen molar-refractivity contribution in [2.75, 3.05) is 29.9 Å². The van der Waals surface area contributed by atoms with Gasteiger partial charge in [-0.1, -0.05) is 18.2 Å². The van der Waals surface area contributed by atoms with Crippen LogP contribution in [0.25, 0.3) is 16.9 Å². The average molecular weight is 497 g/mol. The van der Waals surface area contributed by atoms with Crippen molar-refractivity contribution in [2.45, 2.75) is 25.9 Å². The molecule has 0 unspecified atom stereocenters. The van der Waals surface area contributed by atoms with Gasteiger partial charge in [-0.2, -0.15) is 4.98 Å². The zero-order valence-corrected chi connectivity index (χ0v) is 20.0. The van der Waals surface area contributed by atoms with Crippen LogP contribution in [-0.2, 0) is 24.3 Å². The van der Waals surface area contributed by atoms with Crippen molar-refractivity contribution >= 4 is 34.4 Å². The highest BCUT2D eigenvalue weighted by molar-refractivity contribution is 5.96. The third kappa shape index (κ3) is 3.66. The number of amides is 1. The van der Waals surface area contributed by atoms with Crippen LogP contribution >= 0.6 is 0 Å². The van der Waals surface area contributed by atoms with Crippen LogP contribution < -0.4 is 25.8 Å². The van der Waals surface area contributed by atoms with Crippen LogP contribution in [0.15, 0.2) is 53.5 Å². The highest BCUT2D eigenvalue weighted by Gasteiger charge is 2.28. The maximum absolute atomic E-state index is 13.4. The first-order valence-electron chi connectivity index (χ1n) is 12.3. The number of aromatic nitrogens is 5. The van der Waals surface area contributed by atoms with Crippen LogP contribution in [-0.4, -0.2) is 49.9 Å². The van der Waals surface area contributed by atoms with Gasteiger partial charge in [0.05, 0.1) is 6.54 Å². The number of pyridine rings is 1. The monoisotopic (exact) mass is 496 g/mol. The van der Waals surface area contributed by atoms with E-state index in [9.17, 15) is 9.59 Å². The predicted molar refractivity (Wildman–Crippen MR) is 138 cm³/mol. The van der Waals surface area contributed by atoms with E-state index in [4.69, 9.17) is 14.7 Å². The number of carbonyl (C=O) groups excluding carboxylic acids is 1. The zero-order chi connectivity index (χ0) is 24.9. The lowest BCUT2D eigenvalue weighted by Gasteiger charge is -2.28. The first kappa shape index (κ1) is 21.7. The van der Waals surface area contributed by atoms with Crippen molar-refractivity contribution in [3.8, 4) is 11.6 Å². The minimum absolute atomic E-state index is 0.0179. The smallest absolute Gasteiger partial charge is 0.278 e. The summed E-state index contributed by atoms with van der Waals surface area (Å²) in [6.07, 6.45) is 7.08. The van der Waals surface area contributed by atoms with Gasteiger partial charge in [0.2, 0.25) is 5.95 Å². The van der Waals surface area contributed by atoms with Gasteiger partial charge in [-0.25, -0.2) is 19.3 Å². The molecular weight excluding hydrogens is 472 g/mol. The Morgan fingerprint density at radius 3 is 2.95 bits per heavy atom. The number of fused-ring (bicyclic) bond motifs is 6. The van der Waals surface area contributed by atoms with Crippen molar-refractivity contribution in [1.82, 2.24) is 29.6 Å². The maximum Gasteiger partial charge on any atom is 0.278 e. The summed E-state index contributed by atoms with van der Waals surface area (Å²) < 4.78 is 8.88. The third-order valence-corrected chi connectivity index (χ3v) is 6.94. The highest BCUT2D eigenvalue weighted by atomic mass is 16.5. The van der Waals surface area contributed by atoms with Crippen LogP contribution in [0.5, 0.6) is 5.75 Å². The van der Waals surface area contributed by atoms with Gasteiger partial charge < -0.3 is 15.4 Å². The minimum atomic E-state index is -0.214. The summed E-state index contributed by atoms with van der Waals surface area (Å²) in [7, 11) is 0. The lowest BCUT2D eigenvalue weighted by atomic mass is 10.0. The van der Waals surface area contributed by atoms with Crippen LogP contribution in [0, 0.1) is 0 Å². The van der Waals surface area contributed by atoms with Crippen LogP contribution in [0.2, 0.25) is 0 Å². The molecule has 11 nitrogen and oxygen atoms in total. The van der Waals surface area contributed by atoms with Crippen molar-refractivity contribution in [1.29, 1.82) is 0 Å². The Labute approximate surface area is 211 Å². The van der Waals surface area contributed by atoms with E-state index < -0.39 is 0 Å². The summed E-state index contributed by atoms with van der Waals surface area (Å²) in [6.45, 7) is 2.61. The molecule has 0 aliphatic carbocycles. The number of hydrogen-bond acceptors (Lipinski definition) is 8. The van der Waals surface area contributed by atoms with Gasteiger partial charge in [-0.3, -0.25) is 14.5 Å². The number of carbonyl (C=O) groups is 1. The highest BCUT2D eigenvalue weighted by Crippen LogP contribution is 2.32. The third-order valence-electron chi connectivity index (χ3n) is 6.94. The summed E-state index contributed by atoms with van der Waals surface area (Å²) >= 11 is 0. The van der Waals surface area contributed by atoms with E-state index in [1.54, 1.807) is 32.6 Å². The van der Waals surface area contributed by atoms with E-state index in [1.165, 1.54) is 11.1 Å². The summed E-state index contributed by atoms with van der Waals surface area (Å²) in [5.74, 6) is 1.68. The first-order chi connectivity index (χ1) is 18.2. The van der Waals surface area contributed by atoms with Crippen molar-refractivity contribution in [3.63, 3.8) is 0 Å². The fourth-order valence-electron chi connectivity index (χ4n) is 5.09. The van der Waals surface area contributed by atoms with Crippen molar-refractivity contribution < 1.29 is 9.53 Å². The molecule has 1 amide bonds. The number of rotatable bonds is 2. The van der Waals surface area contributed by atoms with Gasteiger partial charge in [0.25, 0.3) is 11.5 Å². The minimum Gasteiger partial charge on any atom is -0.480 e. The van der Waals surface area contributed by atoms with Gasteiger partial charge >= 0.3 is 0 Å². The summed E-state index contributed by atoms with van der Waals surface area (Å²) in [5, 5.41) is 7.07. The standard InChI is InChI=1S/C26H24N8O3/c35-22-15-37-20-6-7-21-30-24(20)32(22)10-2-1-3-11-33-25(36)19-14-28-26(31-23(19)34(21)33)29-18-5-4-16-8-9-27-13-17(16)12-18/h1,3-7,12,14,27H,2,8-11,13,15H2,(H,28,29,31). The molecule has 2 N–H and O–H groups in total. The van der Waals surface area contributed by atoms with E-state index in [1.807, 2.05) is 18.2 Å². The van der Waals surface area contributed by atoms with Crippen LogP contribution in [0.1, 0.15) is 17.5 Å². The molecule has 6 heterocycles. The normalized spacial score (nSPS) is 16.5. The topological polar surface area (TPSA) is 119 Å². The largest absolute Gasteiger partial charge is 0.480 e. The molecule has 11 heteroatoms. The van der Waals surface area contributed by atoms with Gasteiger partial charge in [0.15, 0.2) is 29.6 Å². The maximum atomic E-state index is 13.4. The molecule has 0 saturated heterocycles. The fourth-order valence-corrected chi connectivity index (χ4v) is 5.09. The van der Waals surface area contributed by atoms with E-state index in [0.29, 0.717) is 53.9 Å². The molecular formula is C26H24N8O3. The quantitative estimate of drug-likeness (QED) is 0.405. The summed E-state index contributed by atoms with van der Waals surface area (Å²) in [4.78, 5) is 41.5. The molecule has 0 fully saturated rings. The molecule has 3 aromatic heterocycles. The molecule has 0 spiro atoms. The second-order valence-electron chi connectivity index (χ2n) is 9.25. The molecule has 7 rings (SSSR count). The van der Waals surface area contributed by atoms with Gasteiger partial charge in [-0.15, -0.1) is 0 Å². The number of ether oxygens (including phenoxy) is 1. The zero-order valence-electron chi connectivity index (χ0n) is 20.0. The van der Waals surface area contributed by atoms with Crippen molar-refractivity contribution in [2.24, 2.45) is 0 Å². The van der Waals surface area contributed by atoms with Crippen LogP contribution in [0.3, 0.4) is 0 Å². The lowest BCUT2D eigenvalue weighted by molar-refractivity contribution is -0.121. The molecule has 37 heavy (non-hydrogen) atoms. The fraction of sp³-hybridized carbons (Fsp3) is 0.269. The Morgan fingerprint density at radius 2 is 2.00 bits per heavy atom. The van der Waals surface area contributed by atoms with Crippen LogP contribution in [0.4, 0.5) is 17.5 Å². The number of nitrogens with one attached hydrogen (secondary N) is 2. The Bertz CT molecular complexity index is 1650. The molecule has 1 aromatic carbocycles. The molecule has 0 atom stereocenters. The number of allylic oxidation sites excluding steroid dienone is 1. The molecule has 186 valence electrons. The average Bonchev–Trinajstić information content (AvgIpc) is 3.18. The summed E-state index contributed by atoms with van der Waals surface area (Å²) in [6, 6.07) is 9.81. The number of benzene rings is 1. The molecule has 3 aliphatic rings. The van der Waals surface area contributed by atoms with E-state index in [-0.39, 0.29) is 18.1 Å². The number of nitrogens with zero attached hydrogens (tertiary/aromatic N) is 6. The lowest BCUT2D eigenvalue weighted by Crippen LogP contribution is -2.40. The number of hydrogen-bond donors (Lipinski definition) is 2. The van der Waals surface area contributed by atoms with Gasteiger partial charge in [0.1, 0.15) is 5.39 Å². The predicted octanol–water partition coefficient (Wildman–Crippen LogP) is 2.05. The van der Waals surface area contributed by atoms with Gasteiger partial charge in [0, 0.05) is 25.0 Å². The second-order valence-corrected chi connectivity index (χ2v) is 9.25. The molecule has 3 aliphatic heterocycles. The molecule has 0 radical (unpaired) electrons. The number of anilines is 3.